The molecule has 126 valence electrons. The van der Waals surface area contributed by atoms with Crippen LogP contribution in [0.5, 0.6) is 0 Å². The molecule has 0 spiro atoms. The Balaban J connectivity index is 0.00000264. The van der Waals surface area contributed by atoms with E-state index in [9.17, 15) is 9.18 Å². The molecule has 5 nitrogen and oxygen atoms in total. The van der Waals surface area contributed by atoms with Crippen molar-refractivity contribution in [2.24, 2.45) is 5.92 Å². The molecule has 0 bridgehead atoms. The predicted octanol–water partition coefficient (Wildman–Crippen LogP) is 2.84. The van der Waals surface area contributed by atoms with Crippen molar-refractivity contribution in [2.75, 3.05) is 7.05 Å². The summed E-state index contributed by atoms with van der Waals surface area (Å²) in [6, 6.07) is 5.94. The second-order valence-corrected chi connectivity index (χ2v) is 5.48. The summed E-state index contributed by atoms with van der Waals surface area (Å²) < 4.78 is 18.4. The van der Waals surface area contributed by atoms with Gasteiger partial charge in [-0.1, -0.05) is 24.2 Å². The van der Waals surface area contributed by atoms with Crippen molar-refractivity contribution in [3.8, 4) is 0 Å². The zero-order valence-corrected chi connectivity index (χ0v) is 14.2. The van der Waals surface area contributed by atoms with E-state index >= 15 is 0 Å². The summed E-state index contributed by atoms with van der Waals surface area (Å²) in [7, 11) is 1.87. The van der Waals surface area contributed by atoms with Gasteiger partial charge in [-0.05, 0) is 26.1 Å². The third-order valence-electron chi connectivity index (χ3n) is 3.53. The molecule has 0 saturated carbocycles. The van der Waals surface area contributed by atoms with Gasteiger partial charge < -0.3 is 9.84 Å². The van der Waals surface area contributed by atoms with Gasteiger partial charge in [0.05, 0.1) is 0 Å². The Labute approximate surface area is 141 Å². The monoisotopic (exact) mass is 341 g/mol. The van der Waals surface area contributed by atoms with Crippen molar-refractivity contribution < 1.29 is 13.7 Å². The van der Waals surface area contributed by atoms with Crippen LogP contribution >= 0.6 is 12.4 Å². The number of Topliss-reactive ketones (excluding diaryl/α,β-unsaturated/α-hetero) is 1. The molecule has 1 aromatic carbocycles. The molecule has 23 heavy (non-hydrogen) atoms. The Kier molecular flexibility index (Phi) is 7.32. The summed E-state index contributed by atoms with van der Waals surface area (Å²) in [5, 5.41) is 7.00. The summed E-state index contributed by atoms with van der Waals surface area (Å²) >= 11 is 0. The van der Waals surface area contributed by atoms with Gasteiger partial charge in [0, 0.05) is 30.4 Å². The van der Waals surface area contributed by atoms with Gasteiger partial charge in [-0.2, -0.15) is 4.98 Å². The maximum atomic E-state index is 13.2. The van der Waals surface area contributed by atoms with Gasteiger partial charge in [0.2, 0.25) is 5.89 Å². The van der Waals surface area contributed by atoms with E-state index in [4.69, 9.17) is 4.52 Å². The largest absolute Gasteiger partial charge is 0.339 e. The smallest absolute Gasteiger partial charge is 0.227 e. The average Bonchev–Trinajstić information content (AvgIpc) is 2.93. The Hall–Kier alpha value is -1.79. The Bertz CT molecular complexity index is 648. The number of halogens is 2. The lowest BCUT2D eigenvalue weighted by atomic mass is 9.96. The molecule has 1 aromatic heterocycles. The Morgan fingerprint density at radius 2 is 2.09 bits per heavy atom. The highest BCUT2D eigenvalue weighted by Crippen LogP contribution is 2.15. The first-order chi connectivity index (χ1) is 10.5. The molecule has 2 rings (SSSR count). The van der Waals surface area contributed by atoms with Gasteiger partial charge in [-0.15, -0.1) is 12.4 Å². The molecule has 0 radical (unpaired) electrons. The first-order valence-electron chi connectivity index (χ1n) is 7.28. The van der Waals surface area contributed by atoms with Crippen molar-refractivity contribution >= 4 is 18.2 Å². The highest BCUT2D eigenvalue weighted by Gasteiger charge is 2.19. The summed E-state index contributed by atoms with van der Waals surface area (Å²) in [6.07, 6.45) is 1.00. The quantitative estimate of drug-likeness (QED) is 0.784. The molecule has 1 N–H and O–H groups in total. The second-order valence-electron chi connectivity index (χ2n) is 5.48. The number of aromatic nitrogens is 2. The summed E-state index contributed by atoms with van der Waals surface area (Å²) in [5.41, 5.74) is 0.357. The summed E-state index contributed by atoms with van der Waals surface area (Å²) in [4.78, 5) is 16.6. The maximum absolute atomic E-state index is 13.2. The first kappa shape index (κ1) is 19.3. The number of nitrogens with zero attached hydrogens (tertiary/aromatic N) is 2. The zero-order valence-electron chi connectivity index (χ0n) is 13.4. The minimum absolute atomic E-state index is 0. The molecule has 2 unspecified atom stereocenters. The molecule has 2 aromatic rings. The molecule has 7 heteroatoms. The predicted molar refractivity (Wildman–Crippen MR) is 87.4 cm³/mol. The van der Waals surface area contributed by atoms with E-state index in [1.165, 1.54) is 18.2 Å². The van der Waals surface area contributed by atoms with Gasteiger partial charge in [-0.25, -0.2) is 4.39 Å². The number of carbonyl (C=O) groups is 1. The molecule has 0 aliphatic carbocycles. The third-order valence-corrected chi connectivity index (χ3v) is 3.53. The number of carbonyl (C=O) groups excluding carboxylic acids is 1. The lowest BCUT2D eigenvalue weighted by Gasteiger charge is -2.07. The van der Waals surface area contributed by atoms with E-state index in [0.29, 0.717) is 30.1 Å². The highest BCUT2D eigenvalue weighted by molar-refractivity contribution is 5.97. The third kappa shape index (κ3) is 5.41. The van der Waals surface area contributed by atoms with E-state index in [0.717, 1.165) is 0 Å². The average molecular weight is 342 g/mol. The van der Waals surface area contributed by atoms with Crippen LogP contribution in [0.4, 0.5) is 4.39 Å². The van der Waals surface area contributed by atoms with Crippen LogP contribution in [0.3, 0.4) is 0 Å². The summed E-state index contributed by atoms with van der Waals surface area (Å²) in [5.74, 6) is 0.136. The lowest BCUT2D eigenvalue weighted by molar-refractivity contribution is 0.0923. The second kappa shape index (κ2) is 8.74. The first-order valence-corrected chi connectivity index (χ1v) is 7.28. The molecule has 0 aliphatic heterocycles. The van der Waals surface area contributed by atoms with Crippen LogP contribution in [0.15, 0.2) is 28.8 Å². The van der Waals surface area contributed by atoms with Gasteiger partial charge in [0.25, 0.3) is 0 Å². The van der Waals surface area contributed by atoms with Crippen LogP contribution in [0, 0.1) is 11.7 Å². The number of benzene rings is 1. The fourth-order valence-corrected chi connectivity index (χ4v) is 2.11. The minimum atomic E-state index is -0.417. The van der Waals surface area contributed by atoms with Crippen LogP contribution in [0.1, 0.15) is 35.9 Å². The van der Waals surface area contributed by atoms with Gasteiger partial charge in [0.15, 0.2) is 11.6 Å². The number of nitrogens with one attached hydrogen (secondary N) is 1. The van der Waals surface area contributed by atoms with Crippen molar-refractivity contribution in [2.45, 2.75) is 32.7 Å². The Morgan fingerprint density at radius 3 is 2.74 bits per heavy atom. The van der Waals surface area contributed by atoms with E-state index in [1.54, 1.807) is 13.0 Å². The van der Waals surface area contributed by atoms with Crippen LogP contribution in [0.2, 0.25) is 0 Å². The zero-order chi connectivity index (χ0) is 16.1. The maximum Gasteiger partial charge on any atom is 0.227 e. The molecular formula is C16H21ClFN3O2. The Morgan fingerprint density at radius 1 is 1.35 bits per heavy atom. The van der Waals surface area contributed by atoms with E-state index < -0.39 is 5.82 Å². The number of hydrogen-bond acceptors (Lipinski definition) is 5. The summed E-state index contributed by atoms with van der Waals surface area (Å²) in [6.45, 7) is 3.79. The lowest BCUT2D eigenvalue weighted by Crippen LogP contribution is -2.24. The van der Waals surface area contributed by atoms with Crippen molar-refractivity contribution in [3.63, 3.8) is 0 Å². The minimum Gasteiger partial charge on any atom is -0.339 e. The van der Waals surface area contributed by atoms with Gasteiger partial charge in [0.1, 0.15) is 5.82 Å². The van der Waals surface area contributed by atoms with Crippen LogP contribution < -0.4 is 5.32 Å². The molecular weight excluding hydrogens is 321 g/mol. The fraction of sp³-hybridized carbons (Fsp3) is 0.438. The normalized spacial score (nSPS) is 13.2. The van der Waals surface area contributed by atoms with Crippen LogP contribution in [-0.2, 0) is 12.8 Å². The van der Waals surface area contributed by atoms with Gasteiger partial charge in [-0.3, -0.25) is 4.79 Å². The van der Waals surface area contributed by atoms with Crippen molar-refractivity contribution in [1.29, 1.82) is 0 Å². The number of likely N-dealkylation sites (N-methyl/N-ethyl adjacent to an activating group) is 1. The van der Waals surface area contributed by atoms with Crippen molar-refractivity contribution in [1.82, 2.24) is 15.5 Å². The molecule has 1 heterocycles. The molecule has 0 aliphatic rings. The topological polar surface area (TPSA) is 68.0 Å². The number of hydrogen-bond donors (Lipinski definition) is 1. The van der Waals surface area contributed by atoms with Gasteiger partial charge >= 0.3 is 0 Å². The van der Waals surface area contributed by atoms with E-state index in [2.05, 4.69) is 15.5 Å². The molecule has 0 saturated heterocycles. The number of rotatable bonds is 7. The van der Waals surface area contributed by atoms with Crippen LogP contribution in [-0.4, -0.2) is 29.0 Å². The molecule has 0 amide bonds. The van der Waals surface area contributed by atoms with E-state index in [-0.39, 0.29) is 30.2 Å². The highest BCUT2D eigenvalue weighted by atomic mass is 35.5. The van der Waals surface area contributed by atoms with E-state index in [1.807, 2.05) is 14.0 Å². The number of ketones is 1. The molecule has 0 fully saturated rings. The fourth-order valence-electron chi connectivity index (χ4n) is 2.11. The SMILES string of the molecule is CNC(C)Cc1noc(CC(C)C(=O)c2cccc(F)c2)n1.Cl. The molecule has 2 atom stereocenters. The standard InChI is InChI=1S/C16H20FN3O2.ClH/c1-10(16(21)12-5-4-6-13(17)9-12)7-15-19-14(20-22-15)8-11(2)18-3;/h4-6,9-11,18H,7-8H2,1-3H3;1H. The van der Waals surface area contributed by atoms with Crippen molar-refractivity contribution in [3.05, 3.63) is 47.4 Å². The van der Waals surface area contributed by atoms with Crippen LogP contribution in [0.25, 0.3) is 0 Å².